The summed E-state index contributed by atoms with van der Waals surface area (Å²) < 4.78 is 10.3. The second-order valence-electron chi connectivity index (χ2n) is 5.17. The molecule has 0 aromatic heterocycles. The number of carbonyl (C=O) groups is 2. The third-order valence-electron chi connectivity index (χ3n) is 3.35. The van der Waals surface area contributed by atoms with Crippen molar-refractivity contribution in [3.63, 3.8) is 0 Å². The number of carboxylic acid groups (broad SMARTS) is 1. The van der Waals surface area contributed by atoms with Crippen LogP contribution in [0.1, 0.15) is 19.3 Å². The van der Waals surface area contributed by atoms with Gasteiger partial charge in [0.1, 0.15) is 24.4 Å². The summed E-state index contributed by atoms with van der Waals surface area (Å²) in [5.74, 6) is -1.30. The Kier molecular flexibility index (Phi) is 8.37. The first-order valence-corrected chi connectivity index (χ1v) is 7.27. The lowest BCUT2D eigenvalue weighted by atomic mass is 9.99. The Balaban J connectivity index is 2.24. The Morgan fingerprint density at radius 2 is 1.78 bits per heavy atom. The number of ether oxygens (including phenoxy) is 2. The van der Waals surface area contributed by atoms with E-state index in [0.29, 0.717) is 0 Å². The second-order valence-corrected chi connectivity index (χ2v) is 5.17. The number of hydrogen-bond donors (Lipinski definition) is 6. The van der Waals surface area contributed by atoms with Crippen LogP contribution in [0.15, 0.2) is 0 Å². The van der Waals surface area contributed by atoms with Crippen molar-refractivity contribution in [1.29, 1.82) is 0 Å². The minimum atomic E-state index is -1.52. The summed E-state index contributed by atoms with van der Waals surface area (Å²) in [7, 11) is 0. The van der Waals surface area contributed by atoms with Gasteiger partial charge in [-0.1, -0.05) is 0 Å². The normalized spacial score (nSPS) is 30.9. The van der Waals surface area contributed by atoms with Crippen LogP contribution in [-0.2, 0) is 19.1 Å². The molecule has 0 aromatic carbocycles. The van der Waals surface area contributed by atoms with E-state index in [1.807, 2.05) is 0 Å². The molecular formula is C13H23NO9. The Labute approximate surface area is 132 Å². The van der Waals surface area contributed by atoms with Crippen molar-refractivity contribution in [2.45, 2.75) is 50.0 Å². The number of hydrogen-bond acceptors (Lipinski definition) is 8. The van der Waals surface area contributed by atoms with Gasteiger partial charge in [-0.05, 0) is 6.42 Å². The highest BCUT2D eigenvalue weighted by molar-refractivity contribution is 5.76. The van der Waals surface area contributed by atoms with Crippen molar-refractivity contribution in [3.05, 3.63) is 0 Å². The SMILES string of the molecule is O=C(O)CCCC(=O)NCCO[C@@H]1O[C@H](CO)[C@@H](O)[C@H](O)[C@H]1O. The summed E-state index contributed by atoms with van der Waals surface area (Å²) in [5, 5.41) is 48.8. The molecule has 1 aliphatic heterocycles. The molecule has 6 N–H and O–H groups in total. The molecule has 0 radical (unpaired) electrons. The number of amides is 1. The molecular weight excluding hydrogens is 314 g/mol. The van der Waals surface area contributed by atoms with Gasteiger partial charge in [-0.15, -0.1) is 0 Å². The fraction of sp³-hybridized carbons (Fsp3) is 0.846. The molecule has 23 heavy (non-hydrogen) atoms. The fourth-order valence-corrected chi connectivity index (χ4v) is 2.06. The van der Waals surface area contributed by atoms with Gasteiger partial charge >= 0.3 is 5.97 Å². The molecule has 10 heteroatoms. The molecule has 0 aliphatic carbocycles. The first kappa shape index (κ1) is 19.7. The van der Waals surface area contributed by atoms with E-state index in [2.05, 4.69) is 5.32 Å². The molecule has 1 amide bonds. The van der Waals surface area contributed by atoms with E-state index in [-0.39, 0.29) is 38.3 Å². The van der Waals surface area contributed by atoms with Crippen molar-refractivity contribution < 1.29 is 44.6 Å². The van der Waals surface area contributed by atoms with Crippen LogP contribution in [0.2, 0.25) is 0 Å². The van der Waals surface area contributed by atoms with E-state index in [1.54, 1.807) is 0 Å². The van der Waals surface area contributed by atoms with Crippen LogP contribution in [0.5, 0.6) is 0 Å². The lowest BCUT2D eigenvalue weighted by Crippen LogP contribution is -2.59. The largest absolute Gasteiger partial charge is 0.481 e. The molecule has 134 valence electrons. The van der Waals surface area contributed by atoms with E-state index in [0.717, 1.165) is 0 Å². The number of aliphatic hydroxyl groups is 4. The number of nitrogens with one attached hydrogen (secondary N) is 1. The summed E-state index contributed by atoms with van der Waals surface area (Å²) in [6.07, 6.45) is -6.53. The van der Waals surface area contributed by atoms with Crippen LogP contribution < -0.4 is 5.32 Å². The monoisotopic (exact) mass is 337 g/mol. The molecule has 0 bridgehead atoms. The van der Waals surface area contributed by atoms with Gasteiger partial charge in [0.25, 0.3) is 0 Å². The van der Waals surface area contributed by atoms with Gasteiger partial charge in [-0.3, -0.25) is 9.59 Å². The molecule has 1 aliphatic rings. The van der Waals surface area contributed by atoms with Gasteiger partial charge in [0.2, 0.25) is 5.91 Å². The lowest BCUT2D eigenvalue weighted by molar-refractivity contribution is -0.300. The first-order valence-electron chi connectivity index (χ1n) is 7.27. The molecule has 0 spiro atoms. The van der Waals surface area contributed by atoms with E-state index < -0.39 is 43.3 Å². The fourth-order valence-electron chi connectivity index (χ4n) is 2.06. The summed E-state index contributed by atoms with van der Waals surface area (Å²) in [6, 6.07) is 0. The Bertz CT molecular complexity index is 390. The number of carbonyl (C=O) groups excluding carboxylic acids is 1. The van der Waals surface area contributed by atoms with Crippen LogP contribution in [0.3, 0.4) is 0 Å². The molecule has 0 unspecified atom stereocenters. The molecule has 0 aromatic rings. The van der Waals surface area contributed by atoms with Gasteiger partial charge in [0, 0.05) is 19.4 Å². The molecule has 10 nitrogen and oxygen atoms in total. The topological polar surface area (TPSA) is 166 Å². The third-order valence-corrected chi connectivity index (χ3v) is 3.35. The maximum absolute atomic E-state index is 11.4. The highest BCUT2D eigenvalue weighted by Gasteiger charge is 2.43. The smallest absolute Gasteiger partial charge is 0.303 e. The van der Waals surface area contributed by atoms with Gasteiger partial charge in [-0.2, -0.15) is 0 Å². The zero-order valence-electron chi connectivity index (χ0n) is 12.5. The van der Waals surface area contributed by atoms with Gasteiger partial charge in [0.05, 0.1) is 13.2 Å². The molecule has 1 rings (SSSR count). The Morgan fingerprint density at radius 1 is 1.09 bits per heavy atom. The molecule has 5 atom stereocenters. The van der Waals surface area contributed by atoms with Crippen molar-refractivity contribution in [2.24, 2.45) is 0 Å². The third kappa shape index (κ3) is 6.37. The van der Waals surface area contributed by atoms with Crippen LogP contribution in [0, 0.1) is 0 Å². The van der Waals surface area contributed by atoms with Crippen molar-refractivity contribution in [1.82, 2.24) is 5.32 Å². The maximum Gasteiger partial charge on any atom is 0.303 e. The molecule has 1 heterocycles. The highest BCUT2D eigenvalue weighted by Crippen LogP contribution is 2.21. The summed E-state index contributed by atoms with van der Waals surface area (Å²) in [4.78, 5) is 21.7. The quantitative estimate of drug-likeness (QED) is 0.243. The number of carboxylic acids is 1. The summed E-state index contributed by atoms with van der Waals surface area (Å²) in [6.45, 7) is -0.487. The molecule has 1 fully saturated rings. The predicted molar refractivity (Wildman–Crippen MR) is 74.2 cm³/mol. The molecule has 0 saturated carbocycles. The summed E-state index contributed by atoms with van der Waals surface area (Å²) >= 11 is 0. The van der Waals surface area contributed by atoms with E-state index >= 15 is 0 Å². The van der Waals surface area contributed by atoms with E-state index in [9.17, 15) is 24.9 Å². The van der Waals surface area contributed by atoms with Crippen LogP contribution >= 0.6 is 0 Å². The van der Waals surface area contributed by atoms with Crippen molar-refractivity contribution in [2.75, 3.05) is 19.8 Å². The predicted octanol–water partition coefficient (Wildman–Crippen LogP) is -2.83. The van der Waals surface area contributed by atoms with E-state index in [4.69, 9.17) is 19.7 Å². The van der Waals surface area contributed by atoms with Crippen molar-refractivity contribution >= 4 is 11.9 Å². The van der Waals surface area contributed by atoms with Gasteiger partial charge in [-0.25, -0.2) is 0 Å². The molecule has 1 saturated heterocycles. The number of rotatable bonds is 9. The van der Waals surface area contributed by atoms with Crippen LogP contribution in [-0.4, -0.2) is 87.9 Å². The number of aliphatic hydroxyl groups excluding tert-OH is 4. The minimum Gasteiger partial charge on any atom is -0.481 e. The van der Waals surface area contributed by atoms with Gasteiger partial charge < -0.3 is 40.3 Å². The maximum atomic E-state index is 11.4. The summed E-state index contributed by atoms with van der Waals surface area (Å²) in [5.41, 5.74) is 0. The zero-order chi connectivity index (χ0) is 17.4. The Morgan fingerprint density at radius 3 is 2.39 bits per heavy atom. The van der Waals surface area contributed by atoms with Crippen LogP contribution in [0.25, 0.3) is 0 Å². The van der Waals surface area contributed by atoms with Crippen molar-refractivity contribution in [3.8, 4) is 0 Å². The number of aliphatic carboxylic acids is 1. The minimum absolute atomic E-state index is 0.0344. The van der Waals surface area contributed by atoms with Crippen LogP contribution in [0.4, 0.5) is 0 Å². The second kappa shape index (κ2) is 9.75. The average Bonchev–Trinajstić information content (AvgIpc) is 2.50. The standard InChI is InChI=1S/C13H23NO9/c15-6-7-10(19)11(20)12(21)13(23-7)22-5-4-14-8(16)2-1-3-9(17)18/h7,10-13,15,19-21H,1-6H2,(H,14,16)(H,17,18)/t7-,10-,11+,12-,13-/m1/s1. The average molecular weight is 337 g/mol. The Hall–Kier alpha value is -1.30. The first-order chi connectivity index (χ1) is 10.9. The van der Waals surface area contributed by atoms with E-state index in [1.165, 1.54) is 0 Å². The lowest BCUT2D eigenvalue weighted by Gasteiger charge is -2.39. The highest BCUT2D eigenvalue weighted by atomic mass is 16.7. The zero-order valence-corrected chi connectivity index (χ0v) is 12.5. The van der Waals surface area contributed by atoms with Gasteiger partial charge in [0.15, 0.2) is 6.29 Å².